The second kappa shape index (κ2) is 4.83. The molecule has 0 bridgehead atoms. The largest absolute Gasteiger partial charge is 0.388 e. The first-order chi connectivity index (χ1) is 9.22. The minimum atomic E-state index is -1.04. The number of benzene rings is 1. The van der Waals surface area contributed by atoms with Crippen molar-refractivity contribution in [2.45, 2.75) is 38.8 Å². The molecule has 1 aromatic heterocycles. The molecule has 0 saturated carbocycles. The first-order valence-electron chi connectivity index (χ1n) is 6.47. The zero-order chi connectivity index (χ0) is 15.0. The third-order valence-corrected chi connectivity index (χ3v) is 3.70. The van der Waals surface area contributed by atoms with Crippen LogP contribution in [0.1, 0.15) is 38.1 Å². The van der Waals surface area contributed by atoms with Crippen LogP contribution in [0.5, 0.6) is 0 Å². The molecule has 0 spiro atoms. The molecule has 1 aromatic carbocycles. The molecule has 1 heterocycles. The maximum absolute atomic E-state index is 12.4. The lowest BCUT2D eigenvalue weighted by Crippen LogP contribution is -2.57. The molecule has 5 nitrogen and oxygen atoms in total. The molecule has 5 heteroatoms. The molecule has 2 rings (SSSR count). The van der Waals surface area contributed by atoms with Crippen molar-refractivity contribution in [1.82, 2.24) is 15.3 Å². The SMILES string of the molecule is CC(C)(O)C(C)(C)NC(=O)c1cccc2nccnc12. The van der Waals surface area contributed by atoms with Crippen LogP contribution in [-0.4, -0.2) is 32.1 Å². The summed E-state index contributed by atoms with van der Waals surface area (Å²) in [7, 11) is 0. The summed E-state index contributed by atoms with van der Waals surface area (Å²) in [6, 6.07) is 5.27. The number of carbonyl (C=O) groups excluding carboxylic acids is 1. The van der Waals surface area contributed by atoms with Gasteiger partial charge in [0.1, 0.15) is 5.52 Å². The summed E-state index contributed by atoms with van der Waals surface area (Å²) in [4.78, 5) is 20.8. The Morgan fingerprint density at radius 3 is 2.45 bits per heavy atom. The van der Waals surface area contributed by atoms with Crippen LogP contribution in [0.4, 0.5) is 0 Å². The molecular formula is C15H19N3O2. The first kappa shape index (κ1) is 14.4. The fraction of sp³-hybridized carbons (Fsp3) is 0.400. The van der Waals surface area contributed by atoms with E-state index >= 15 is 0 Å². The minimum absolute atomic E-state index is 0.275. The van der Waals surface area contributed by atoms with Crippen molar-refractivity contribution in [2.75, 3.05) is 0 Å². The molecule has 0 aliphatic heterocycles. The molecule has 2 N–H and O–H groups in total. The Morgan fingerprint density at radius 1 is 1.15 bits per heavy atom. The third-order valence-electron chi connectivity index (χ3n) is 3.70. The number of aromatic nitrogens is 2. The Balaban J connectivity index is 2.38. The number of rotatable bonds is 3. The van der Waals surface area contributed by atoms with E-state index in [9.17, 15) is 9.90 Å². The number of fused-ring (bicyclic) bond motifs is 1. The van der Waals surface area contributed by atoms with Crippen molar-refractivity contribution in [1.29, 1.82) is 0 Å². The van der Waals surface area contributed by atoms with Crippen LogP contribution in [0.2, 0.25) is 0 Å². The van der Waals surface area contributed by atoms with E-state index in [1.54, 1.807) is 58.3 Å². The number of hydrogen-bond acceptors (Lipinski definition) is 4. The van der Waals surface area contributed by atoms with E-state index < -0.39 is 11.1 Å². The van der Waals surface area contributed by atoms with Gasteiger partial charge in [-0.1, -0.05) is 6.07 Å². The average Bonchev–Trinajstić information content (AvgIpc) is 2.36. The van der Waals surface area contributed by atoms with Crippen LogP contribution >= 0.6 is 0 Å². The van der Waals surface area contributed by atoms with Crippen LogP contribution < -0.4 is 5.32 Å². The summed E-state index contributed by atoms with van der Waals surface area (Å²) < 4.78 is 0. The van der Waals surface area contributed by atoms with Crippen LogP contribution in [0.3, 0.4) is 0 Å². The monoisotopic (exact) mass is 273 g/mol. The fourth-order valence-corrected chi connectivity index (χ4v) is 1.68. The van der Waals surface area contributed by atoms with E-state index in [4.69, 9.17) is 0 Å². The second-order valence-electron chi connectivity index (χ2n) is 5.87. The van der Waals surface area contributed by atoms with Gasteiger partial charge in [0.25, 0.3) is 5.91 Å². The third kappa shape index (κ3) is 2.63. The summed E-state index contributed by atoms with van der Waals surface area (Å²) >= 11 is 0. The van der Waals surface area contributed by atoms with Crippen molar-refractivity contribution in [3.8, 4) is 0 Å². The van der Waals surface area contributed by atoms with Crippen molar-refractivity contribution in [3.63, 3.8) is 0 Å². The van der Waals surface area contributed by atoms with Gasteiger partial charge in [-0.2, -0.15) is 0 Å². The number of carbonyl (C=O) groups is 1. The van der Waals surface area contributed by atoms with Crippen LogP contribution in [0.15, 0.2) is 30.6 Å². The second-order valence-corrected chi connectivity index (χ2v) is 5.87. The van der Waals surface area contributed by atoms with Gasteiger partial charge in [0.15, 0.2) is 0 Å². The molecule has 0 unspecified atom stereocenters. The molecule has 0 aliphatic carbocycles. The molecule has 0 fully saturated rings. The lowest BCUT2D eigenvalue weighted by molar-refractivity contribution is -0.00290. The smallest absolute Gasteiger partial charge is 0.254 e. The van der Waals surface area contributed by atoms with Gasteiger partial charge in [0.05, 0.1) is 22.2 Å². The van der Waals surface area contributed by atoms with Gasteiger partial charge < -0.3 is 10.4 Å². The number of aliphatic hydroxyl groups is 1. The minimum Gasteiger partial charge on any atom is -0.388 e. The van der Waals surface area contributed by atoms with E-state index in [2.05, 4.69) is 15.3 Å². The van der Waals surface area contributed by atoms with Gasteiger partial charge in [0, 0.05) is 12.4 Å². The van der Waals surface area contributed by atoms with E-state index in [0.29, 0.717) is 16.6 Å². The Morgan fingerprint density at radius 2 is 1.80 bits per heavy atom. The molecule has 0 aliphatic rings. The Labute approximate surface area is 118 Å². The maximum Gasteiger partial charge on any atom is 0.254 e. The Bertz CT molecular complexity index is 640. The van der Waals surface area contributed by atoms with Gasteiger partial charge in [-0.25, -0.2) is 0 Å². The predicted octanol–water partition coefficient (Wildman–Crippen LogP) is 1.91. The fourth-order valence-electron chi connectivity index (χ4n) is 1.68. The Hall–Kier alpha value is -2.01. The standard InChI is InChI=1S/C15H19N3O2/c1-14(2,15(3,4)20)18-13(19)10-6-5-7-11-12(10)17-9-8-16-11/h5-9,20H,1-4H3,(H,18,19). The first-order valence-corrected chi connectivity index (χ1v) is 6.47. The van der Waals surface area contributed by atoms with Gasteiger partial charge in [0.2, 0.25) is 0 Å². The molecule has 0 atom stereocenters. The summed E-state index contributed by atoms with van der Waals surface area (Å²) in [6.45, 7) is 6.88. The van der Waals surface area contributed by atoms with E-state index in [1.165, 1.54) is 0 Å². The van der Waals surface area contributed by atoms with Gasteiger partial charge in [-0.05, 0) is 39.8 Å². The topological polar surface area (TPSA) is 75.1 Å². The summed E-state index contributed by atoms with van der Waals surface area (Å²) in [6.07, 6.45) is 3.14. The molecular weight excluding hydrogens is 254 g/mol. The van der Waals surface area contributed by atoms with Gasteiger partial charge in [-0.3, -0.25) is 14.8 Å². The number of amides is 1. The molecule has 2 aromatic rings. The van der Waals surface area contributed by atoms with Crippen LogP contribution in [-0.2, 0) is 0 Å². The van der Waals surface area contributed by atoms with Crippen LogP contribution in [0.25, 0.3) is 11.0 Å². The predicted molar refractivity (Wildman–Crippen MR) is 77.4 cm³/mol. The molecule has 0 saturated heterocycles. The highest BCUT2D eigenvalue weighted by Crippen LogP contribution is 2.22. The van der Waals surface area contributed by atoms with Gasteiger partial charge >= 0.3 is 0 Å². The van der Waals surface area contributed by atoms with Crippen molar-refractivity contribution in [3.05, 3.63) is 36.2 Å². The van der Waals surface area contributed by atoms with Crippen molar-refractivity contribution in [2.24, 2.45) is 0 Å². The average molecular weight is 273 g/mol. The summed E-state index contributed by atoms with van der Waals surface area (Å²) in [5.74, 6) is -0.275. The zero-order valence-electron chi connectivity index (χ0n) is 12.1. The number of nitrogens with zero attached hydrogens (tertiary/aromatic N) is 2. The molecule has 0 radical (unpaired) electrons. The summed E-state index contributed by atoms with van der Waals surface area (Å²) in [5.41, 5.74) is -0.138. The lowest BCUT2D eigenvalue weighted by Gasteiger charge is -2.38. The normalized spacial score (nSPS) is 12.4. The highest BCUT2D eigenvalue weighted by atomic mass is 16.3. The number of hydrogen-bond donors (Lipinski definition) is 2. The Kier molecular flexibility index (Phi) is 3.48. The van der Waals surface area contributed by atoms with Crippen molar-refractivity contribution < 1.29 is 9.90 Å². The van der Waals surface area contributed by atoms with Crippen molar-refractivity contribution >= 4 is 16.9 Å². The highest BCUT2D eigenvalue weighted by Gasteiger charge is 2.36. The van der Waals surface area contributed by atoms with Gasteiger partial charge in [-0.15, -0.1) is 0 Å². The zero-order valence-corrected chi connectivity index (χ0v) is 12.1. The number of para-hydroxylation sites is 1. The van der Waals surface area contributed by atoms with E-state index in [-0.39, 0.29) is 5.91 Å². The molecule has 20 heavy (non-hydrogen) atoms. The molecule has 106 valence electrons. The summed E-state index contributed by atoms with van der Waals surface area (Å²) in [5, 5.41) is 13.0. The quantitative estimate of drug-likeness (QED) is 0.895. The molecule has 1 amide bonds. The maximum atomic E-state index is 12.4. The van der Waals surface area contributed by atoms with Crippen LogP contribution in [0, 0.1) is 0 Å². The number of nitrogens with one attached hydrogen (secondary N) is 1. The lowest BCUT2D eigenvalue weighted by atomic mass is 9.85. The highest BCUT2D eigenvalue weighted by molar-refractivity contribution is 6.04. The van der Waals surface area contributed by atoms with E-state index in [0.717, 1.165) is 0 Å². The van der Waals surface area contributed by atoms with E-state index in [1.807, 2.05) is 0 Å².